The van der Waals surface area contributed by atoms with E-state index in [1.54, 1.807) is 0 Å². The Morgan fingerprint density at radius 3 is 2.35 bits per heavy atom. The number of hydrogen-bond acceptors (Lipinski definition) is 4. The molecule has 23 heavy (non-hydrogen) atoms. The number of piperidine rings is 2. The molecule has 2 N–H and O–H groups in total. The second-order valence-electron chi connectivity index (χ2n) is 6.48. The van der Waals surface area contributed by atoms with Crippen LogP contribution in [0, 0.1) is 12.3 Å². The summed E-state index contributed by atoms with van der Waals surface area (Å²) in [6.45, 7) is 11.1. The van der Waals surface area contributed by atoms with E-state index < -0.39 is 17.9 Å². The largest absolute Gasteiger partial charge is 0.390 e. The molecule has 2 rings (SSSR count). The van der Waals surface area contributed by atoms with E-state index in [1.807, 2.05) is 25.8 Å². The molecule has 0 aromatic carbocycles. The highest BCUT2D eigenvalue weighted by Gasteiger charge is 2.31. The summed E-state index contributed by atoms with van der Waals surface area (Å²) < 4.78 is 12.5. The number of terminal acetylenes is 1. The Balaban J connectivity index is 0.000000392. The number of alkyl halides is 1. The van der Waals surface area contributed by atoms with Crippen molar-refractivity contribution in [1.82, 2.24) is 9.80 Å². The third kappa shape index (κ3) is 8.12. The predicted molar refractivity (Wildman–Crippen MR) is 94.1 cm³/mol. The quantitative estimate of drug-likeness (QED) is 0.721. The summed E-state index contributed by atoms with van der Waals surface area (Å²) in [5, 5.41) is 18.7. The molecule has 0 saturated carbocycles. The molecular formula is C18H35FN2O2. The fraction of sp³-hybridized carbons (Fsp3) is 0.889. The first kappa shape index (κ1) is 22.3. The Labute approximate surface area is 141 Å². The number of β-amino-alcohol motifs (C(OH)–C–C–N with tert-alkyl or cyclic N) is 1. The highest BCUT2D eigenvalue weighted by atomic mass is 19.1. The van der Waals surface area contributed by atoms with Gasteiger partial charge in [0.15, 0.2) is 0 Å². The highest BCUT2D eigenvalue weighted by Crippen LogP contribution is 2.21. The molecule has 3 unspecified atom stereocenters. The lowest BCUT2D eigenvalue weighted by molar-refractivity contribution is 0.00442. The van der Waals surface area contributed by atoms with Gasteiger partial charge in [0.2, 0.25) is 0 Å². The first-order valence-electron chi connectivity index (χ1n) is 8.72. The van der Waals surface area contributed by atoms with Gasteiger partial charge in [-0.3, -0.25) is 4.90 Å². The molecule has 0 radical (unpaired) electrons. The van der Waals surface area contributed by atoms with E-state index in [9.17, 15) is 9.50 Å². The average Bonchev–Trinajstić information content (AvgIpc) is 2.54. The maximum atomic E-state index is 12.5. The molecule has 0 aromatic heterocycles. The monoisotopic (exact) mass is 330 g/mol. The van der Waals surface area contributed by atoms with Crippen LogP contribution in [-0.2, 0) is 0 Å². The summed E-state index contributed by atoms with van der Waals surface area (Å²) >= 11 is 0. The second-order valence-corrected chi connectivity index (χ2v) is 6.48. The molecule has 4 nitrogen and oxygen atoms in total. The first-order valence-corrected chi connectivity index (χ1v) is 8.72. The molecule has 0 aliphatic carbocycles. The van der Waals surface area contributed by atoms with Crippen molar-refractivity contribution in [3.05, 3.63) is 0 Å². The van der Waals surface area contributed by atoms with Crippen LogP contribution in [0.3, 0.4) is 0 Å². The van der Waals surface area contributed by atoms with Gasteiger partial charge in [0.05, 0.1) is 6.10 Å². The van der Waals surface area contributed by atoms with E-state index in [2.05, 4.69) is 24.7 Å². The van der Waals surface area contributed by atoms with Crippen molar-refractivity contribution in [2.45, 2.75) is 70.9 Å². The maximum absolute atomic E-state index is 12.5. The summed E-state index contributed by atoms with van der Waals surface area (Å²) in [5.74, 6) is 2.48. The predicted octanol–water partition coefficient (Wildman–Crippen LogP) is 1.90. The zero-order valence-corrected chi connectivity index (χ0v) is 15.4. The summed E-state index contributed by atoms with van der Waals surface area (Å²) in [7, 11) is 1.86. The molecule has 2 heterocycles. The number of aliphatic hydroxyl groups excluding tert-OH is 1. The van der Waals surface area contributed by atoms with Gasteiger partial charge in [-0.2, -0.15) is 0 Å². The Kier molecular flexibility index (Phi) is 10.7. The lowest BCUT2D eigenvalue weighted by Gasteiger charge is -2.38. The van der Waals surface area contributed by atoms with Gasteiger partial charge in [-0.25, -0.2) is 4.39 Å². The van der Waals surface area contributed by atoms with Crippen molar-refractivity contribution in [2.75, 3.05) is 33.2 Å². The average molecular weight is 330 g/mol. The van der Waals surface area contributed by atoms with Gasteiger partial charge < -0.3 is 15.1 Å². The van der Waals surface area contributed by atoms with E-state index in [-0.39, 0.29) is 0 Å². The van der Waals surface area contributed by atoms with E-state index in [4.69, 9.17) is 11.5 Å². The molecule has 2 fully saturated rings. The lowest BCUT2D eigenvalue weighted by atomic mass is 9.93. The number of rotatable bonds is 1. The van der Waals surface area contributed by atoms with Crippen molar-refractivity contribution < 1.29 is 14.6 Å². The van der Waals surface area contributed by atoms with Gasteiger partial charge in [-0.1, -0.05) is 19.8 Å². The Hall–Kier alpha value is -0.670. The number of halogens is 1. The van der Waals surface area contributed by atoms with Crippen LogP contribution in [0.5, 0.6) is 0 Å². The zero-order valence-electron chi connectivity index (χ0n) is 15.4. The van der Waals surface area contributed by atoms with Gasteiger partial charge >= 0.3 is 0 Å². The van der Waals surface area contributed by atoms with E-state index in [1.165, 1.54) is 0 Å². The highest BCUT2D eigenvalue weighted by molar-refractivity contribution is 5.10. The first-order chi connectivity index (χ1) is 10.8. The van der Waals surface area contributed by atoms with E-state index in [0.29, 0.717) is 25.6 Å². The standard InChI is InChI=1S/C10H17NO.C6H12FNO.C2H6/c1-4-10(12)6-5-7-11(8-10)9(2)3;1-8-3-2-6(9)5(7)4-8;1-2/h1,9,12H,5-8H2,2-3H3;5-6,9H,2-4H2,1H3;1-2H3. The van der Waals surface area contributed by atoms with Crippen LogP contribution in [0.25, 0.3) is 0 Å². The molecule has 2 aliphatic heterocycles. The van der Waals surface area contributed by atoms with Crippen LogP contribution in [0.15, 0.2) is 0 Å². The number of likely N-dealkylation sites (tertiary alicyclic amines) is 2. The summed E-state index contributed by atoms with van der Waals surface area (Å²) in [6, 6.07) is 0.477. The molecule has 0 bridgehead atoms. The van der Waals surface area contributed by atoms with Crippen LogP contribution in [0.1, 0.15) is 47.0 Å². The van der Waals surface area contributed by atoms with Crippen molar-refractivity contribution in [3.8, 4) is 12.3 Å². The van der Waals surface area contributed by atoms with Crippen LogP contribution >= 0.6 is 0 Å². The molecule has 3 atom stereocenters. The topological polar surface area (TPSA) is 46.9 Å². The van der Waals surface area contributed by atoms with Crippen molar-refractivity contribution in [2.24, 2.45) is 0 Å². The second kappa shape index (κ2) is 11.0. The minimum absolute atomic E-state index is 0.376. The maximum Gasteiger partial charge on any atom is 0.138 e. The lowest BCUT2D eigenvalue weighted by Crippen LogP contribution is -2.49. The minimum Gasteiger partial charge on any atom is -0.390 e. The van der Waals surface area contributed by atoms with Gasteiger partial charge in [0.1, 0.15) is 11.8 Å². The van der Waals surface area contributed by atoms with Crippen LogP contribution < -0.4 is 0 Å². The number of nitrogens with zero attached hydrogens (tertiary/aromatic N) is 2. The van der Waals surface area contributed by atoms with Crippen molar-refractivity contribution >= 4 is 0 Å². The SMILES string of the molecule is C#CC1(O)CCCN(C(C)C)C1.CC.CN1CCC(O)C(F)C1. The summed E-state index contributed by atoms with van der Waals surface area (Å²) in [6.07, 6.45) is 5.82. The molecule has 2 saturated heterocycles. The molecule has 5 heteroatoms. The summed E-state index contributed by atoms with van der Waals surface area (Å²) in [4.78, 5) is 4.11. The van der Waals surface area contributed by atoms with Gasteiger partial charge in [0.25, 0.3) is 0 Å². The van der Waals surface area contributed by atoms with Crippen LogP contribution in [-0.4, -0.2) is 77.2 Å². The van der Waals surface area contributed by atoms with E-state index >= 15 is 0 Å². The van der Waals surface area contributed by atoms with E-state index in [0.717, 1.165) is 25.9 Å². The molecule has 136 valence electrons. The van der Waals surface area contributed by atoms with Crippen LogP contribution in [0.4, 0.5) is 4.39 Å². The van der Waals surface area contributed by atoms with Gasteiger partial charge in [-0.05, 0) is 46.7 Å². The smallest absolute Gasteiger partial charge is 0.138 e. The number of aliphatic hydroxyl groups is 2. The Bertz CT molecular complexity index is 359. The molecule has 0 spiro atoms. The molecule has 0 aromatic rings. The summed E-state index contributed by atoms with van der Waals surface area (Å²) in [5.41, 5.74) is -0.872. The van der Waals surface area contributed by atoms with Gasteiger partial charge in [0, 0.05) is 25.7 Å². The minimum atomic E-state index is -1.04. The normalized spacial score (nSPS) is 32.2. The third-order valence-electron chi connectivity index (χ3n) is 4.21. The van der Waals surface area contributed by atoms with Gasteiger partial charge in [-0.15, -0.1) is 6.42 Å². The number of hydrogen-bond donors (Lipinski definition) is 2. The molecule has 2 aliphatic rings. The third-order valence-corrected chi connectivity index (χ3v) is 4.21. The Morgan fingerprint density at radius 2 is 1.91 bits per heavy atom. The Morgan fingerprint density at radius 1 is 1.30 bits per heavy atom. The fourth-order valence-electron chi connectivity index (χ4n) is 2.67. The molecular weight excluding hydrogens is 295 g/mol. The van der Waals surface area contributed by atoms with Crippen LogP contribution in [0.2, 0.25) is 0 Å². The fourth-order valence-corrected chi connectivity index (χ4v) is 2.67. The molecule has 0 amide bonds. The zero-order chi connectivity index (χ0) is 18.0. The van der Waals surface area contributed by atoms with Crippen molar-refractivity contribution in [1.29, 1.82) is 0 Å². The van der Waals surface area contributed by atoms with Crippen molar-refractivity contribution in [3.63, 3.8) is 0 Å².